The molecule has 1 aliphatic heterocycles. The number of nitrogens with two attached hydrogens (primary N) is 2. The highest BCUT2D eigenvalue weighted by Gasteiger charge is 2.38. The maximum absolute atomic E-state index is 14.1. The van der Waals surface area contributed by atoms with Crippen molar-refractivity contribution in [2.24, 2.45) is 16.5 Å². The van der Waals surface area contributed by atoms with Gasteiger partial charge in [0, 0.05) is 32.4 Å². The average molecular weight is 544 g/mol. The van der Waals surface area contributed by atoms with E-state index in [4.69, 9.17) is 11.5 Å². The van der Waals surface area contributed by atoms with Crippen molar-refractivity contribution in [3.63, 3.8) is 0 Å². The second-order valence-corrected chi connectivity index (χ2v) is 10.4. The third-order valence-corrected chi connectivity index (χ3v) is 7.33. The molecular formula is C31H37N5O4. The highest BCUT2D eigenvalue weighted by atomic mass is 16.3. The molecule has 0 aliphatic carbocycles. The number of nitrogens with zero attached hydrogens (tertiary/aromatic N) is 2. The molecule has 4 rings (SSSR count). The number of phenolic OH excluding ortho intramolecular Hbond substituents is 1. The van der Waals surface area contributed by atoms with Crippen LogP contribution in [0.3, 0.4) is 0 Å². The summed E-state index contributed by atoms with van der Waals surface area (Å²) in [5.41, 5.74) is 16.9. The number of carbonyl (C=O) groups excluding carboxylic acids is 2. The van der Waals surface area contributed by atoms with Gasteiger partial charge in [0.15, 0.2) is 5.96 Å². The highest BCUT2D eigenvalue weighted by Crippen LogP contribution is 2.27. The molecular weight excluding hydrogens is 506 g/mol. The van der Waals surface area contributed by atoms with Gasteiger partial charge in [-0.1, -0.05) is 54.6 Å². The van der Waals surface area contributed by atoms with Crippen LogP contribution in [-0.2, 0) is 35.4 Å². The van der Waals surface area contributed by atoms with Gasteiger partial charge in [0.25, 0.3) is 0 Å². The van der Waals surface area contributed by atoms with Crippen LogP contribution in [0.1, 0.15) is 33.4 Å². The maximum Gasteiger partial charge on any atom is 0.248 e. The summed E-state index contributed by atoms with van der Waals surface area (Å²) in [5, 5.41) is 23.4. The number of fused-ring (bicyclic) bond motifs is 1. The third kappa shape index (κ3) is 6.98. The van der Waals surface area contributed by atoms with Crippen LogP contribution in [0.25, 0.3) is 0 Å². The van der Waals surface area contributed by atoms with E-state index < -0.39 is 18.2 Å². The number of aromatic hydroxyl groups is 1. The van der Waals surface area contributed by atoms with Gasteiger partial charge in [-0.05, 0) is 59.4 Å². The van der Waals surface area contributed by atoms with Crippen molar-refractivity contribution in [3.8, 4) is 5.75 Å². The van der Waals surface area contributed by atoms with E-state index in [1.165, 1.54) is 4.90 Å². The van der Waals surface area contributed by atoms with Crippen molar-refractivity contribution in [3.05, 3.63) is 100 Å². The lowest BCUT2D eigenvalue weighted by Gasteiger charge is -2.37. The van der Waals surface area contributed by atoms with Crippen molar-refractivity contribution < 1.29 is 19.8 Å². The molecule has 40 heavy (non-hydrogen) atoms. The van der Waals surface area contributed by atoms with Gasteiger partial charge in [-0.3, -0.25) is 9.59 Å². The van der Waals surface area contributed by atoms with Gasteiger partial charge in [0.2, 0.25) is 11.8 Å². The molecule has 0 spiro atoms. The molecule has 210 valence electrons. The summed E-state index contributed by atoms with van der Waals surface area (Å²) in [6.07, 6.45) is 0.154. The molecule has 9 nitrogen and oxygen atoms in total. The second kappa shape index (κ2) is 12.7. The monoisotopic (exact) mass is 543 g/mol. The van der Waals surface area contributed by atoms with Gasteiger partial charge in [-0.2, -0.15) is 0 Å². The topological polar surface area (TPSA) is 154 Å². The van der Waals surface area contributed by atoms with Gasteiger partial charge in [0.05, 0.1) is 6.10 Å². The molecule has 7 N–H and O–H groups in total. The number of aryl methyl sites for hydroxylation is 2. The first-order valence-electron chi connectivity index (χ1n) is 13.4. The number of benzene rings is 3. The van der Waals surface area contributed by atoms with Gasteiger partial charge in [-0.25, -0.2) is 4.99 Å². The Morgan fingerprint density at radius 1 is 1.00 bits per heavy atom. The van der Waals surface area contributed by atoms with Crippen molar-refractivity contribution in [1.82, 2.24) is 10.2 Å². The molecule has 3 aromatic rings. The number of aliphatic hydroxyl groups is 1. The molecule has 0 fully saturated rings. The van der Waals surface area contributed by atoms with E-state index in [9.17, 15) is 19.8 Å². The summed E-state index contributed by atoms with van der Waals surface area (Å²) in [4.78, 5) is 33.4. The third-order valence-electron chi connectivity index (χ3n) is 7.33. The van der Waals surface area contributed by atoms with Crippen LogP contribution in [-0.4, -0.2) is 57.6 Å². The summed E-state index contributed by atoms with van der Waals surface area (Å²) < 4.78 is 0. The largest absolute Gasteiger partial charge is 0.508 e. The lowest BCUT2D eigenvalue weighted by Crippen LogP contribution is -2.56. The van der Waals surface area contributed by atoms with E-state index in [1.54, 1.807) is 12.1 Å². The second-order valence-electron chi connectivity index (χ2n) is 10.4. The SMILES string of the molecule is Cc1cc(O)cc(C)c1CC(N=C(N)N)C(=O)N1Cc2ccccc2C[C@H]1C(=O)NC[C@H](O)Cc1ccccc1. The van der Waals surface area contributed by atoms with Crippen LogP contribution in [0.2, 0.25) is 0 Å². The zero-order valence-electron chi connectivity index (χ0n) is 22.9. The summed E-state index contributed by atoms with van der Waals surface area (Å²) in [6.45, 7) is 3.99. The fraction of sp³-hybridized carbons (Fsp3) is 0.323. The standard InChI is InChI=1S/C31H37N5O4/c1-19-12-24(37)13-20(2)26(19)16-27(35-31(32)33)30(40)36-18-23-11-7-6-10-22(23)15-28(36)29(39)34-17-25(38)14-21-8-4-3-5-9-21/h3-13,25,27-28,37-38H,14-18H2,1-2H3,(H,34,39)(H4,32,33,35)/t25-,27?,28+/m1/s1. The molecule has 2 amide bonds. The van der Waals surface area contributed by atoms with E-state index in [2.05, 4.69) is 10.3 Å². The minimum Gasteiger partial charge on any atom is -0.508 e. The normalized spacial score (nSPS) is 16.0. The summed E-state index contributed by atoms with van der Waals surface area (Å²) >= 11 is 0. The Hall–Kier alpha value is -4.37. The molecule has 0 saturated carbocycles. The molecule has 9 heteroatoms. The molecule has 0 saturated heterocycles. The molecule has 3 aromatic carbocycles. The first-order valence-corrected chi connectivity index (χ1v) is 13.4. The molecule has 1 aliphatic rings. The molecule has 0 bridgehead atoms. The van der Waals surface area contributed by atoms with Gasteiger partial charge in [-0.15, -0.1) is 0 Å². The summed E-state index contributed by atoms with van der Waals surface area (Å²) in [6, 6.07) is 18.8. The van der Waals surface area contributed by atoms with Crippen LogP contribution >= 0.6 is 0 Å². The number of hydrogen-bond acceptors (Lipinski definition) is 5. The molecule has 3 atom stereocenters. The Balaban J connectivity index is 1.57. The lowest BCUT2D eigenvalue weighted by atomic mass is 9.91. The first kappa shape index (κ1) is 28.6. The highest BCUT2D eigenvalue weighted by molar-refractivity contribution is 5.92. The fourth-order valence-electron chi connectivity index (χ4n) is 5.33. The minimum atomic E-state index is -0.962. The van der Waals surface area contributed by atoms with Crippen LogP contribution in [0, 0.1) is 13.8 Å². The van der Waals surface area contributed by atoms with E-state index >= 15 is 0 Å². The molecule has 1 unspecified atom stereocenters. The van der Waals surface area contributed by atoms with Crippen LogP contribution in [0.4, 0.5) is 0 Å². The number of phenols is 1. The Morgan fingerprint density at radius 2 is 1.62 bits per heavy atom. The number of rotatable bonds is 9. The van der Waals surface area contributed by atoms with Gasteiger partial charge >= 0.3 is 0 Å². The number of nitrogens with one attached hydrogen (secondary N) is 1. The number of aliphatic hydroxyl groups excluding tert-OH is 1. The van der Waals surface area contributed by atoms with E-state index in [1.807, 2.05) is 68.4 Å². The Kier molecular flexibility index (Phi) is 9.06. The fourth-order valence-corrected chi connectivity index (χ4v) is 5.33. The maximum atomic E-state index is 14.1. The number of amides is 2. The van der Waals surface area contributed by atoms with Gasteiger partial charge in [0.1, 0.15) is 17.8 Å². The predicted octanol–water partition coefficient (Wildman–Crippen LogP) is 1.87. The number of aliphatic imine (C=N–C) groups is 1. The molecule has 0 aromatic heterocycles. The Bertz CT molecular complexity index is 1360. The summed E-state index contributed by atoms with van der Waals surface area (Å²) in [7, 11) is 0. The van der Waals surface area contributed by atoms with Crippen LogP contribution < -0.4 is 16.8 Å². The quantitative estimate of drug-likeness (QED) is 0.205. The van der Waals surface area contributed by atoms with Crippen LogP contribution in [0.5, 0.6) is 5.75 Å². The minimum absolute atomic E-state index is 0.0527. The van der Waals surface area contributed by atoms with Gasteiger partial charge < -0.3 is 31.9 Å². The number of guanidine groups is 1. The number of carbonyl (C=O) groups is 2. The van der Waals surface area contributed by atoms with Crippen molar-refractivity contribution in [1.29, 1.82) is 0 Å². The number of hydrogen-bond donors (Lipinski definition) is 5. The average Bonchev–Trinajstić information content (AvgIpc) is 2.92. The smallest absolute Gasteiger partial charge is 0.248 e. The first-order chi connectivity index (χ1) is 19.1. The van der Waals surface area contributed by atoms with Crippen molar-refractivity contribution >= 4 is 17.8 Å². The zero-order valence-corrected chi connectivity index (χ0v) is 22.9. The zero-order chi connectivity index (χ0) is 28.8. The lowest BCUT2D eigenvalue weighted by molar-refractivity contribution is -0.142. The molecule has 0 radical (unpaired) electrons. The Labute approximate surface area is 234 Å². The van der Waals surface area contributed by atoms with E-state index in [0.29, 0.717) is 12.8 Å². The summed E-state index contributed by atoms with van der Waals surface area (Å²) in [5.74, 6) is -0.813. The van der Waals surface area contributed by atoms with Crippen molar-refractivity contribution in [2.75, 3.05) is 6.54 Å². The van der Waals surface area contributed by atoms with Crippen molar-refractivity contribution in [2.45, 2.75) is 57.8 Å². The van der Waals surface area contributed by atoms with Crippen LogP contribution in [0.15, 0.2) is 71.7 Å². The predicted molar refractivity (Wildman–Crippen MR) is 155 cm³/mol. The van der Waals surface area contributed by atoms with E-state index in [0.717, 1.165) is 33.4 Å². The Morgan fingerprint density at radius 3 is 2.27 bits per heavy atom. The van der Waals surface area contributed by atoms with E-state index in [-0.39, 0.29) is 43.0 Å². The molecule has 1 heterocycles.